The molecule has 2 aromatic rings. The lowest BCUT2D eigenvalue weighted by atomic mass is 9.98. The van der Waals surface area contributed by atoms with Crippen LogP contribution in [0.1, 0.15) is 17.2 Å². The molecule has 0 radical (unpaired) electrons. The van der Waals surface area contributed by atoms with E-state index < -0.39 is 60.7 Å². The summed E-state index contributed by atoms with van der Waals surface area (Å²) in [6.45, 7) is -0.680. The summed E-state index contributed by atoms with van der Waals surface area (Å²) in [6.07, 6.45) is -7.70. The Morgan fingerprint density at radius 1 is 0.848 bits per heavy atom. The minimum absolute atomic E-state index is 0.0858. The predicted molar refractivity (Wildman–Crippen MR) is 108 cm³/mol. The van der Waals surface area contributed by atoms with Gasteiger partial charge in [0.1, 0.15) is 41.5 Å². The van der Waals surface area contributed by atoms with E-state index in [4.69, 9.17) is 9.47 Å². The molecule has 2 aliphatic heterocycles. The van der Waals surface area contributed by atoms with Crippen molar-refractivity contribution >= 4 is 6.08 Å². The van der Waals surface area contributed by atoms with Crippen LogP contribution in [0.15, 0.2) is 30.0 Å². The van der Waals surface area contributed by atoms with Crippen LogP contribution in [0, 0.1) is 0 Å². The smallest absolute Gasteiger partial charge is 0.270 e. The molecule has 12 nitrogen and oxygen atoms in total. The molecule has 10 N–H and O–H groups in total. The second-order valence-corrected chi connectivity index (χ2v) is 7.70. The molecule has 0 saturated carbocycles. The first-order valence-corrected chi connectivity index (χ1v) is 9.81. The molecule has 6 atom stereocenters. The van der Waals surface area contributed by atoms with Crippen LogP contribution in [0.2, 0.25) is 0 Å². The van der Waals surface area contributed by atoms with E-state index in [1.54, 1.807) is 0 Å². The molecule has 2 heterocycles. The standard InChI is InChI=1S/C21H22O12/c22-6-15-17(28)18(29)19(30)21(33-15)32-14-5-9-10(24)3-8(23)4-13(9)31-20(14)7-1-11(25)16(27)12(26)2-7/h1-5,15,17-30H,6H2/p+1/t15-,17-,18+,19-,20?,21-/m1/s1. The molecule has 1 unspecified atom stereocenters. The first-order chi connectivity index (χ1) is 15.6. The van der Waals surface area contributed by atoms with E-state index in [1.807, 2.05) is 0 Å². The van der Waals surface area contributed by atoms with E-state index in [0.717, 1.165) is 18.2 Å². The lowest BCUT2D eigenvalue weighted by Gasteiger charge is -2.40. The zero-order valence-corrected chi connectivity index (χ0v) is 16.8. The molecule has 0 bridgehead atoms. The Kier molecular flexibility index (Phi) is 5.86. The summed E-state index contributed by atoms with van der Waals surface area (Å²) in [7, 11) is 0. The maximum Gasteiger partial charge on any atom is 0.270 e. The summed E-state index contributed by atoms with van der Waals surface area (Å²) in [5.74, 6) is -2.65. The van der Waals surface area contributed by atoms with Crippen LogP contribution in [0.5, 0.6) is 34.5 Å². The molecule has 4 rings (SSSR count). The third-order valence-electron chi connectivity index (χ3n) is 5.45. The lowest BCUT2D eigenvalue weighted by Crippen LogP contribution is -2.59. The van der Waals surface area contributed by atoms with Gasteiger partial charge in [-0.05, 0) is 12.1 Å². The molecule has 0 aliphatic carbocycles. The van der Waals surface area contributed by atoms with E-state index in [9.17, 15) is 46.0 Å². The third kappa shape index (κ3) is 4.05. The number of phenols is 5. The van der Waals surface area contributed by atoms with Gasteiger partial charge in [-0.25, -0.2) is 0 Å². The Bertz CT molecular complexity index is 1060. The van der Waals surface area contributed by atoms with Crippen LogP contribution in [-0.4, -0.2) is 88.0 Å². The zero-order valence-electron chi connectivity index (χ0n) is 16.8. The maximum atomic E-state index is 10.3. The molecule has 2 aromatic carbocycles. The van der Waals surface area contributed by atoms with Crippen molar-refractivity contribution in [2.75, 3.05) is 6.61 Å². The van der Waals surface area contributed by atoms with Crippen molar-refractivity contribution in [2.24, 2.45) is 0 Å². The zero-order chi connectivity index (χ0) is 24.0. The van der Waals surface area contributed by atoms with Crippen LogP contribution in [0.25, 0.3) is 6.08 Å². The van der Waals surface area contributed by atoms with Crippen molar-refractivity contribution in [1.82, 2.24) is 0 Å². The van der Waals surface area contributed by atoms with Gasteiger partial charge in [0.05, 0.1) is 18.2 Å². The Labute approximate surface area is 186 Å². The second-order valence-electron chi connectivity index (χ2n) is 7.70. The summed E-state index contributed by atoms with van der Waals surface area (Å²) in [5.41, 5.74) is 0.253. The van der Waals surface area contributed by atoms with Crippen molar-refractivity contribution in [3.63, 3.8) is 0 Å². The van der Waals surface area contributed by atoms with Gasteiger partial charge in [-0.15, -0.1) is 0 Å². The molecule has 178 valence electrons. The Morgan fingerprint density at radius 2 is 1.52 bits per heavy atom. The topological polar surface area (TPSA) is 213 Å². The Hall–Kier alpha value is -3.42. The molecule has 12 heteroatoms. The van der Waals surface area contributed by atoms with Gasteiger partial charge in [0.2, 0.25) is 6.29 Å². The largest absolute Gasteiger partial charge is 0.571 e. The van der Waals surface area contributed by atoms with Gasteiger partial charge in [0.15, 0.2) is 23.0 Å². The first kappa shape index (κ1) is 22.8. The minimum Gasteiger partial charge on any atom is -0.571 e. The first-order valence-electron chi connectivity index (χ1n) is 9.81. The van der Waals surface area contributed by atoms with E-state index in [2.05, 4.69) is 4.74 Å². The number of aliphatic hydroxyl groups excluding tert-OH is 4. The number of aromatic hydroxyl groups is 6. The molecule has 1 saturated heterocycles. The highest BCUT2D eigenvalue weighted by atomic mass is 16.7. The normalized spacial score (nSPS) is 29.0. The second kappa shape index (κ2) is 8.50. The Balaban J connectivity index is 1.76. The van der Waals surface area contributed by atoms with Crippen LogP contribution >= 0.6 is 0 Å². The van der Waals surface area contributed by atoms with E-state index >= 15 is 0 Å². The van der Waals surface area contributed by atoms with E-state index in [0.29, 0.717) is 0 Å². The lowest BCUT2D eigenvalue weighted by molar-refractivity contribution is -0.295. The maximum absolute atomic E-state index is 10.3. The van der Waals surface area contributed by atoms with Crippen molar-refractivity contribution in [3.05, 3.63) is 41.2 Å². The number of aliphatic hydroxyl groups is 5. The number of benzene rings is 2. The predicted octanol–water partition coefficient (Wildman–Crippen LogP) is -0.632. The number of phenolic OH excluding ortho intramolecular Hbond substituents is 5. The monoisotopic (exact) mass is 467 g/mol. The van der Waals surface area contributed by atoms with Crippen LogP contribution < -0.4 is 0 Å². The molecular weight excluding hydrogens is 444 g/mol. The van der Waals surface area contributed by atoms with Crippen molar-refractivity contribution in [2.45, 2.75) is 36.8 Å². The third-order valence-corrected chi connectivity index (χ3v) is 5.45. The van der Waals surface area contributed by atoms with E-state index in [1.165, 1.54) is 12.1 Å². The summed E-state index contributed by atoms with van der Waals surface area (Å²) in [4.78, 5) is 0. The molecule has 0 aromatic heterocycles. The fourth-order valence-electron chi connectivity index (χ4n) is 3.71. The molecule has 2 aliphatic rings. The fourth-order valence-corrected chi connectivity index (χ4v) is 3.71. The molecule has 33 heavy (non-hydrogen) atoms. The van der Waals surface area contributed by atoms with Gasteiger partial charge in [-0.1, -0.05) is 0 Å². The molecular formula is C21H23O12+. The van der Waals surface area contributed by atoms with Crippen LogP contribution in [0.3, 0.4) is 0 Å². The highest BCUT2D eigenvalue weighted by Crippen LogP contribution is 2.47. The number of rotatable bonds is 4. The average Bonchev–Trinajstić information content (AvgIpc) is 2.77. The molecule has 0 amide bonds. The van der Waals surface area contributed by atoms with Crippen LogP contribution in [0.4, 0.5) is 0 Å². The van der Waals surface area contributed by atoms with Gasteiger partial charge in [0.25, 0.3) is 11.9 Å². The van der Waals surface area contributed by atoms with Gasteiger partial charge in [-0.3, -0.25) is 0 Å². The van der Waals surface area contributed by atoms with Crippen molar-refractivity contribution in [1.29, 1.82) is 0 Å². The Morgan fingerprint density at radius 3 is 2.15 bits per heavy atom. The fraction of sp³-hybridized carbons (Fsp3) is 0.333. The molecule has 1 fully saturated rings. The highest BCUT2D eigenvalue weighted by molar-refractivity contribution is 5.69. The number of ether oxygens (including phenoxy) is 3. The number of hydrogen-bond donors (Lipinski definition) is 9. The summed E-state index contributed by atoms with van der Waals surface area (Å²) in [6, 6.07) is 4.51. The van der Waals surface area contributed by atoms with Gasteiger partial charge >= 0.3 is 0 Å². The molecule has 0 spiro atoms. The number of fused-ring (bicyclic) bond motifs is 1. The van der Waals surface area contributed by atoms with Crippen molar-refractivity contribution in [3.8, 4) is 34.5 Å². The van der Waals surface area contributed by atoms with Crippen molar-refractivity contribution < 1.29 is 60.2 Å². The highest BCUT2D eigenvalue weighted by Gasteiger charge is 2.46. The van der Waals surface area contributed by atoms with Gasteiger partial charge in [-0.2, -0.15) is 0 Å². The number of hydrogen-bond acceptors (Lipinski definition) is 11. The van der Waals surface area contributed by atoms with E-state index in [-0.39, 0.29) is 34.1 Å². The van der Waals surface area contributed by atoms with Gasteiger partial charge in [0, 0.05) is 12.1 Å². The average molecular weight is 467 g/mol. The summed E-state index contributed by atoms with van der Waals surface area (Å²) in [5, 5.41) is 89.3. The SMILES string of the molecule is OC[C@H]1O[C@@H](OC2=Cc3c(O)cc(O)cc3[OH+]C2c2cc(O)c(O)c(O)c2)[C@H](O)[C@@H](O)[C@@H]1O. The van der Waals surface area contributed by atoms with Crippen LogP contribution in [-0.2, 0) is 9.47 Å². The quantitative estimate of drug-likeness (QED) is 0.204. The minimum atomic E-state index is -1.74. The summed E-state index contributed by atoms with van der Waals surface area (Å²) < 4.78 is 15.5. The summed E-state index contributed by atoms with van der Waals surface area (Å²) >= 11 is 0. The van der Waals surface area contributed by atoms with Gasteiger partial charge < -0.3 is 60.2 Å².